The van der Waals surface area contributed by atoms with E-state index in [1.807, 2.05) is 55.5 Å². The molecule has 3 rings (SSSR count). The minimum absolute atomic E-state index is 0.0126. The molecule has 1 amide bonds. The van der Waals surface area contributed by atoms with Gasteiger partial charge in [-0.25, -0.2) is 0 Å². The molecular weight excluding hydrogens is 338 g/mol. The molecule has 1 aliphatic rings. The summed E-state index contributed by atoms with van der Waals surface area (Å²) in [5.41, 5.74) is 2.43. The van der Waals surface area contributed by atoms with Gasteiger partial charge in [0.05, 0.1) is 12.6 Å². The van der Waals surface area contributed by atoms with Crippen LogP contribution in [-0.4, -0.2) is 36.0 Å². The monoisotopic (exact) mass is 365 g/mol. The number of benzene rings is 2. The Hall–Kier alpha value is -2.46. The van der Waals surface area contributed by atoms with Crippen molar-refractivity contribution in [3.63, 3.8) is 0 Å². The summed E-state index contributed by atoms with van der Waals surface area (Å²) in [7, 11) is 0. The molecule has 4 nitrogen and oxygen atoms in total. The maximum absolute atomic E-state index is 13.0. The lowest BCUT2D eigenvalue weighted by molar-refractivity contribution is -0.145. The smallest absolute Gasteiger partial charge is 0.228 e. The predicted molar refractivity (Wildman–Crippen MR) is 105 cm³/mol. The summed E-state index contributed by atoms with van der Waals surface area (Å²) in [5, 5.41) is 0. The molecule has 1 fully saturated rings. The summed E-state index contributed by atoms with van der Waals surface area (Å²) in [6.45, 7) is 2.36. The van der Waals surface area contributed by atoms with Crippen molar-refractivity contribution in [2.24, 2.45) is 5.92 Å². The molecule has 1 unspecified atom stereocenters. The van der Waals surface area contributed by atoms with Gasteiger partial charge in [0.15, 0.2) is 12.5 Å². The van der Waals surface area contributed by atoms with E-state index in [2.05, 4.69) is 12.1 Å². The largest absolute Gasteiger partial charge is 0.349 e. The van der Waals surface area contributed by atoms with Crippen molar-refractivity contribution in [1.82, 2.24) is 4.90 Å². The summed E-state index contributed by atoms with van der Waals surface area (Å²) in [6, 6.07) is 20.2. The third kappa shape index (κ3) is 5.04. The Morgan fingerprint density at radius 1 is 1.11 bits per heavy atom. The molecular formula is C23H27NO3. The van der Waals surface area contributed by atoms with Crippen molar-refractivity contribution in [3.8, 4) is 0 Å². The van der Waals surface area contributed by atoms with Gasteiger partial charge in [-0.2, -0.15) is 0 Å². The van der Waals surface area contributed by atoms with E-state index in [1.165, 1.54) is 5.56 Å². The highest BCUT2D eigenvalue weighted by atomic mass is 16.5. The second-order valence-electron chi connectivity index (χ2n) is 7.23. The molecule has 0 spiro atoms. The van der Waals surface area contributed by atoms with E-state index in [4.69, 9.17) is 4.74 Å². The number of carbonyl (C=O) groups excluding carboxylic acids is 2. The van der Waals surface area contributed by atoms with Gasteiger partial charge in [0, 0.05) is 5.92 Å². The van der Waals surface area contributed by atoms with Crippen molar-refractivity contribution in [1.29, 1.82) is 0 Å². The number of hydrogen-bond acceptors (Lipinski definition) is 3. The quantitative estimate of drug-likeness (QED) is 0.671. The van der Waals surface area contributed by atoms with Crippen LogP contribution >= 0.6 is 0 Å². The summed E-state index contributed by atoms with van der Waals surface area (Å²) in [5.74, 6) is -0.116. The molecule has 0 bridgehead atoms. The fourth-order valence-corrected chi connectivity index (χ4v) is 3.67. The van der Waals surface area contributed by atoms with Crippen molar-refractivity contribution >= 4 is 12.2 Å². The van der Waals surface area contributed by atoms with E-state index >= 15 is 0 Å². The van der Waals surface area contributed by atoms with Crippen LogP contribution in [0.1, 0.15) is 30.9 Å². The van der Waals surface area contributed by atoms with Crippen molar-refractivity contribution in [3.05, 3.63) is 71.8 Å². The van der Waals surface area contributed by atoms with Crippen LogP contribution in [-0.2, 0) is 27.2 Å². The van der Waals surface area contributed by atoms with Gasteiger partial charge in [0.1, 0.15) is 0 Å². The van der Waals surface area contributed by atoms with Crippen LogP contribution in [0.15, 0.2) is 60.7 Å². The zero-order valence-corrected chi connectivity index (χ0v) is 15.8. The molecule has 1 saturated heterocycles. The first kappa shape index (κ1) is 19.3. The van der Waals surface area contributed by atoms with Gasteiger partial charge < -0.3 is 9.64 Å². The zero-order chi connectivity index (χ0) is 19.1. The maximum Gasteiger partial charge on any atom is 0.228 e. The first-order valence-corrected chi connectivity index (χ1v) is 9.66. The number of carbonyl (C=O) groups is 2. The van der Waals surface area contributed by atoms with E-state index in [0.717, 1.165) is 31.1 Å². The van der Waals surface area contributed by atoms with E-state index < -0.39 is 6.23 Å². The summed E-state index contributed by atoms with van der Waals surface area (Å²) >= 11 is 0. The molecule has 3 atom stereocenters. The topological polar surface area (TPSA) is 46.6 Å². The van der Waals surface area contributed by atoms with Crippen LogP contribution in [0.5, 0.6) is 0 Å². The molecule has 0 aromatic heterocycles. The molecule has 27 heavy (non-hydrogen) atoms. The number of nitrogens with zero attached hydrogens (tertiary/aromatic N) is 1. The standard InChI is InChI=1S/C23H27NO3/c1-18(9-8-14-19-10-4-2-5-11-19)23(26)24-21(17-27-22(24)16-25)15-20-12-6-3-7-13-20/h2-7,10-13,16,18,21-22H,8-9,14-15,17H2,1H3/t18-,21-,22?/m0/s1. The maximum atomic E-state index is 13.0. The van der Waals surface area contributed by atoms with Gasteiger partial charge in [-0.15, -0.1) is 0 Å². The fourth-order valence-electron chi connectivity index (χ4n) is 3.67. The number of hydrogen-bond donors (Lipinski definition) is 0. The number of ether oxygens (including phenoxy) is 1. The lowest BCUT2D eigenvalue weighted by atomic mass is 9.98. The SMILES string of the molecule is C[C@@H](CCCc1ccccc1)C(=O)N1C(C=O)OC[C@@H]1Cc1ccccc1. The Kier molecular flexibility index (Phi) is 6.77. The van der Waals surface area contributed by atoms with Gasteiger partial charge >= 0.3 is 0 Å². The van der Waals surface area contributed by atoms with Crippen LogP contribution in [0.3, 0.4) is 0 Å². The van der Waals surface area contributed by atoms with Gasteiger partial charge in [-0.3, -0.25) is 9.59 Å². The second kappa shape index (κ2) is 9.47. The minimum Gasteiger partial charge on any atom is -0.349 e. The first-order valence-electron chi connectivity index (χ1n) is 9.66. The molecule has 0 N–H and O–H groups in total. The highest BCUT2D eigenvalue weighted by molar-refractivity contribution is 5.82. The second-order valence-corrected chi connectivity index (χ2v) is 7.23. The van der Waals surface area contributed by atoms with Crippen LogP contribution < -0.4 is 0 Å². The molecule has 1 heterocycles. The molecule has 1 aliphatic heterocycles. The molecule has 4 heteroatoms. The number of aldehydes is 1. The third-order valence-corrected chi connectivity index (χ3v) is 5.18. The zero-order valence-electron chi connectivity index (χ0n) is 15.8. The normalized spacial score (nSPS) is 20.4. The number of amides is 1. The van der Waals surface area contributed by atoms with Gasteiger partial charge in [0.2, 0.25) is 5.91 Å². The van der Waals surface area contributed by atoms with E-state index in [9.17, 15) is 9.59 Å². The van der Waals surface area contributed by atoms with Crippen molar-refractivity contribution < 1.29 is 14.3 Å². The van der Waals surface area contributed by atoms with E-state index in [1.54, 1.807) is 4.90 Å². The van der Waals surface area contributed by atoms with Crippen molar-refractivity contribution in [2.75, 3.05) is 6.61 Å². The van der Waals surface area contributed by atoms with Crippen LogP contribution in [0.2, 0.25) is 0 Å². The molecule has 2 aromatic carbocycles. The highest BCUT2D eigenvalue weighted by Gasteiger charge is 2.39. The van der Waals surface area contributed by atoms with Crippen molar-refractivity contribution in [2.45, 2.75) is 44.9 Å². The molecule has 142 valence electrons. The van der Waals surface area contributed by atoms with Crippen LogP contribution in [0.4, 0.5) is 0 Å². The third-order valence-electron chi connectivity index (χ3n) is 5.18. The Labute approximate surface area is 161 Å². The molecule has 0 radical (unpaired) electrons. The lowest BCUT2D eigenvalue weighted by Gasteiger charge is -2.28. The Morgan fingerprint density at radius 3 is 2.37 bits per heavy atom. The lowest BCUT2D eigenvalue weighted by Crippen LogP contribution is -2.46. The average Bonchev–Trinajstić information content (AvgIpc) is 3.11. The Morgan fingerprint density at radius 2 is 1.74 bits per heavy atom. The number of rotatable bonds is 8. The average molecular weight is 365 g/mol. The fraction of sp³-hybridized carbons (Fsp3) is 0.391. The molecule has 2 aromatic rings. The number of aryl methyl sites for hydroxylation is 1. The Bertz CT molecular complexity index is 732. The molecule has 0 aliphatic carbocycles. The predicted octanol–water partition coefficient (Wildman–Crippen LogP) is 3.64. The summed E-state index contributed by atoms with van der Waals surface area (Å²) in [6.07, 6.45) is 3.38. The van der Waals surface area contributed by atoms with Crippen LogP contribution in [0, 0.1) is 5.92 Å². The van der Waals surface area contributed by atoms with E-state index in [-0.39, 0.29) is 17.9 Å². The van der Waals surface area contributed by atoms with Gasteiger partial charge in [-0.05, 0) is 36.8 Å². The van der Waals surface area contributed by atoms with Crippen LogP contribution in [0.25, 0.3) is 0 Å². The van der Waals surface area contributed by atoms with Gasteiger partial charge in [-0.1, -0.05) is 67.6 Å². The Balaban J connectivity index is 1.59. The summed E-state index contributed by atoms with van der Waals surface area (Å²) < 4.78 is 5.58. The van der Waals surface area contributed by atoms with E-state index in [0.29, 0.717) is 13.0 Å². The highest BCUT2D eigenvalue weighted by Crippen LogP contribution is 2.24. The molecule has 0 saturated carbocycles. The minimum atomic E-state index is -0.761. The van der Waals surface area contributed by atoms with Gasteiger partial charge in [0.25, 0.3) is 0 Å². The summed E-state index contributed by atoms with van der Waals surface area (Å²) in [4.78, 5) is 26.1. The first-order chi connectivity index (χ1) is 13.2.